The number of hydrogen-bond donors (Lipinski definition) is 3. The highest BCUT2D eigenvalue weighted by Gasteiger charge is 2.23. The molecule has 116 valence electrons. The van der Waals surface area contributed by atoms with Gasteiger partial charge in [-0.15, -0.1) is 0 Å². The van der Waals surface area contributed by atoms with Gasteiger partial charge in [0, 0.05) is 19.5 Å². The zero-order valence-electron chi connectivity index (χ0n) is 12.3. The third kappa shape index (κ3) is 6.96. The van der Waals surface area contributed by atoms with Crippen molar-refractivity contribution in [2.45, 2.75) is 58.0 Å². The molecule has 0 aliphatic rings. The van der Waals surface area contributed by atoms with Crippen LogP contribution >= 0.6 is 0 Å². The summed E-state index contributed by atoms with van der Waals surface area (Å²) in [4.78, 5) is 34.8. The van der Waals surface area contributed by atoms with Gasteiger partial charge in [-0.1, -0.05) is 13.3 Å². The molecule has 7 heteroatoms. The quantitative estimate of drug-likeness (QED) is 0.596. The van der Waals surface area contributed by atoms with Gasteiger partial charge in [-0.2, -0.15) is 0 Å². The molecule has 0 saturated heterocycles. The monoisotopic (exact) mass is 288 g/mol. The maximum absolute atomic E-state index is 11.9. The SMILES string of the molecule is CCCC(C)N(C)C(=O)N[C@H](CCCC(=O)O)C(=O)O. The van der Waals surface area contributed by atoms with Gasteiger partial charge in [-0.3, -0.25) is 4.79 Å². The number of nitrogens with zero attached hydrogens (tertiary/aromatic N) is 1. The maximum Gasteiger partial charge on any atom is 0.326 e. The van der Waals surface area contributed by atoms with Crippen LogP contribution in [0.2, 0.25) is 0 Å². The van der Waals surface area contributed by atoms with E-state index in [1.165, 1.54) is 4.90 Å². The molecular weight excluding hydrogens is 264 g/mol. The summed E-state index contributed by atoms with van der Waals surface area (Å²) in [7, 11) is 1.62. The Balaban J connectivity index is 4.39. The van der Waals surface area contributed by atoms with Crippen molar-refractivity contribution >= 4 is 18.0 Å². The number of carbonyl (C=O) groups excluding carboxylic acids is 1. The fourth-order valence-electron chi connectivity index (χ4n) is 1.78. The zero-order chi connectivity index (χ0) is 15.7. The van der Waals surface area contributed by atoms with E-state index in [9.17, 15) is 14.4 Å². The van der Waals surface area contributed by atoms with Gasteiger partial charge < -0.3 is 20.4 Å². The van der Waals surface area contributed by atoms with Crippen molar-refractivity contribution in [3.05, 3.63) is 0 Å². The number of hydrogen-bond acceptors (Lipinski definition) is 3. The van der Waals surface area contributed by atoms with Crippen molar-refractivity contribution in [2.75, 3.05) is 7.05 Å². The van der Waals surface area contributed by atoms with E-state index in [4.69, 9.17) is 10.2 Å². The van der Waals surface area contributed by atoms with Crippen molar-refractivity contribution in [2.24, 2.45) is 0 Å². The second-order valence-corrected chi connectivity index (χ2v) is 4.87. The molecule has 3 N–H and O–H groups in total. The van der Waals surface area contributed by atoms with E-state index in [1.807, 2.05) is 13.8 Å². The molecule has 0 fully saturated rings. The second kappa shape index (κ2) is 9.17. The van der Waals surface area contributed by atoms with Crippen LogP contribution in [0.1, 0.15) is 46.0 Å². The fraction of sp³-hybridized carbons (Fsp3) is 0.769. The smallest absolute Gasteiger partial charge is 0.326 e. The lowest BCUT2D eigenvalue weighted by atomic mass is 10.1. The number of carbonyl (C=O) groups is 3. The van der Waals surface area contributed by atoms with E-state index >= 15 is 0 Å². The first kappa shape index (κ1) is 18.2. The van der Waals surface area contributed by atoms with Gasteiger partial charge in [-0.05, 0) is 26.2 Å². The second-order valence-electron chi connectivity index (χ2n) is 4.87. The summed E-state index contributed by atoms with van der Waals surface area (Å²) in [6, 6.07) is -1.49. The van der Waals surface area contributed by atoms with Crippen molar-refractivity contribution in [1.29, 1.82) is 0 Å². The van der Waals surface area contributed by atoms with Crippen molar-refractivity contribution < 1.29 is 24.6 Å². The van der Waals surface area contributed by atoms with Crippen LogP contribution in [0, 0.1) is 0 Å². The van der Waals surface area contributed by atoms with E-state index in [0.717, 1.165) is 12.8 Å². The van der Waals surface area contributed by atoms with Crippen LogP contribution in [0.3, 0.4) is 0 Å². The minimum atomic E-state index is -1.15. The Morgan fingerprint density at radius 1 is 1.20 bits per heavy atom. The molecule has 0 aromatic carbocycles. The number of amides is 2. The highest BCUT2D eigenvalue weighted by atomic mass is 16.4. The number of nitrogens with one attached hydrogen (secondary N) is 1. The van der Waals surface area contributed by atoms with Gasteiger partial charge in [0.2, 0.25) is 0 Å². The van der Waals surface area contributed by atoms with E-state index in [0.29, 0.717) is 0 Å². The normalized spacial score (nSPS) is 13.3. The molecule has 0 radical (unpaired) electrons. The lowest BCUT2D eigenvalue weighted by Crippen LogP contribution is -2.49. The molecule has 0 saturated carbocycles. The summed E-state index contributed by atoms with van der Waals surface area (Å²) >= 11 is 0. The largest absolute Gasteiger partial charge is 0.481 e. The average molecular weight is 288 g/mol. The minimum absolute atomic E-state index is 0.0217. The molecule has 0 heterocycles. The van der Waals surface area contributed by atoms with Crippen LogP contribution in [0.15, 0.2) is 0 Å². The third-order valence-electron chi connectivity index (χ3n) is 3.17. The zero-order valence-corrected chi connectivity index (χ0v) is 12.3. The lowest BCUT2D eigenvalue weighted by Gasteiger charge is -2.26. The summed E-state index contributed by atoms with van der Waals surface area (Å²) in [5.41, 5.74) is 0. The molecule has 20 heavy (non-hydrogen) atoms. The molecule has 1 unspecified atom stereocenters. The summed E-state index contributed by atoms with van der Waals surface area (Å²) in [6.45, 7) is 3.90. The highest BCUT2D eigenvalue weighted by Crippen LogP contribution is 2.06. The minimum Gasteiger partial charge on any atom is -0.481 e. The van der Waals surface area contributed by atoms with E-state index < -0.39 is 24.0 Å². The predicted molar refractivity (Wildman–Crippen MR) is 73.6 cm³/mol. The number of carboxylic acids is 2. The Morgan fingerprint density at radius 3 is 2.25 bits per heavy atom. The molecule has 7 nitrogen and oxygen atoms in total. The van der Waals surface area contributed by atoms with Crippen LogP contribution in [-0.4, -0.2) is 52.2 Å². The van der Waals surface area contributed by atoms with E-state index in [2.05, 4.69) is 5.32 Å². The summed E-state index contributed by atoms with van der Waals surface area (Å²) in [6.07, 6.45) is 1.96. The summed E-state index contributed by atoms with van der Waals surface area (Å²) in [5.74, 6) is -2.13. The number of rotatable bonds is 9. The van der Waals surface area contributed by atoms with Gasteiger partial charge in [0.25, 0.3) is 0 Å². The van der Waals surface area contributed by atoms with Crippen LogP contribution in [0.25, 0.3) is 0 Å². The Kier molecular flexibility index (Phi) is 8.35. The Hall–Kier alpha value is -1.79. The predicted octanol–water partition coefficient (Wildman–Crippen LogP) is 1.52. The van der Waals surface area contributed by atoms with E-state index in [1.54, 1.807) is 7.05 Å². The molecule has 0 aromatic rings. The van der Waals surface area contributed by atoms with E-state index in [-0.39, 0.29) is 25.3 Å². The molecule has 2 amide bonds. The number of aliphatic carboxylic acids is 2. The summed E-state index contributed by atoms with van der Waals surface area (Å²) < 4.78 is 0. The van der Waals surface area contributed by atoms with Crippen molar-refractivity contribution in [3.63, 3.8) is 0 Å². The first-order valence-electron chi connectivity index (χ1n) is 6.77. The molecule has 0 rings (SSSR count). The fourth-order valence-corrected chi connectivity index (χ4v) is 1.78. The third-order valence-corrected chi connectivity index (χ3v) is 3.17. The highest BCUT2D eigenvalue weighted by molar-refractivity contribution is 5.82. The number of carboxylic acid groups (broad SMARTS) is 2. The Labute approximate surface area is 119 Å². The first-order valence-corrected chi connectivity index (χ1v) is 6.77. The molecule has 0 bridgehead atoms. The lowest BCUT2D eigenvalue weighted by molar-refractivity contribution is -0.140. The van der Waals surface area contributed by atoms with Gasteiger partial charge in [0.15, 0.2) is 0 Å². The summed E-state index contributed by atoms with van der Waals surface area (Å²) in [5, 5.41) is 20.0. The Bertz CT molecular complexity index is 346. The molecule has 0 aliphatic carbocycles. The molecular formula is C13H24N2O5. The van der Waals surface area contributed by atoms with Crippen LogP contribution < -0.4 is 5.32 Å². The van der Waals surface area contributed by atoms with Gasteiger partial charge in [0.05, 0.1) is 0 Å². The Morgan fingerprint density at radius 2 is 1.80 bits per heavy atom. The van der Waals surface area contributed by atoms with Crippen LogP contribution in [-0.2, 0) is 9.59 Å². The molecule has 0 aliphatic heterocycles. The van der Waals surface area contributed by atoms with Crippen molar-refractivity contribution in [3.8, 4) is 0 Å². The molecule has 2 atom stereocenters. The molecule has 0 spiro atoms. The first-order chi connectivity index (χ1) is 9.29. The maximum atomic E-state index is 11.9. The van der Waals surface area contributed by atoms with Gasteiger partial charge in [0.1, 0.15) is 6.04 Å². The van der Waals surface area contributed by atoms with Gasteiger partial charge >= 0.3 is 18.0 Å². The van der Waals surface area contributed by atoms with Crippen molar-refractivity contribution in [1.82, 2.24) is 10.2 Å². The van der Waals surface area contributed by atoms with Crippen LogP contribution in [0.5, 0.6) is 0 Å². The topological polar surface area (TPSA) is 107 Å². The van der Waals surface area contributed by atoms with Gasteiger partial charge in [-0.25, -0.2) is 9.59 Å². The molecule has 0 aromatic heterocycles. The number of urea groups is 1. The standard InChI is InChI=1S/C13H24N2O5/c1-4-6-9(2)15(3)13(20)14-10(12(18)19)7-5-8-11(16)17/h9-10H,4-8H2,1-3H3,(H,14,20)(H,16,17)(H,18,19)/t9?,10-/m1/s1. The average Bonchev–Trinajstić information content (AvgIpc) is 2.36. The van der Waals surface area contributed by atoms with Crippen LogP contribution in [0.4, 0.5) is 4.79 Å².